The molecule has 1 aromatic carbocycles. The fourth-order valence-electron chi connectivity index (χ4n) is 4.88. The van der Waals surface area contributed by atoms with E-state index in [1.165, 1.54) is 0 Å². The van der Waals surface area contributed by atoms with E-state index in [1.807, 2.05) is 18.2 Å². The molecule has 162 valence electrons. The zero-order valence-electron chi connectivity index (χ0n) is 14.8. The number of halogens is 6. The molecule has 2 bridgehead atoms. The second-order valence-electron chi connectivity index (χ2n) is 7.89. The molecule has 0 spiro atoms. The van der Waals surface area contributed by atoms with Gasteiger partial charge in [-0.2, -0.15) is 26.0 Å². The summed E-state index contributed by atoms with van der Waals surface area (Å²) in [5, 5.41) is -5.57. The largest absolute Gasteiger partial charge is 0.431 e. The van der Waals surface area contributed by atoms with E-state index in [9.17, 15) is 26.0 Å². The Hall–Kier alpha value is 0.230. The molecule has 4 rings (SSSR count). The summed E-state index contributed by atoms with van der Waals surface area (Å²) in [4.78, 5) is 0. The third kappa shape index (κ3) is 3.34. The molecule has 1 saturated heterocycles. The maximum absolute atomic E-state index is 14.6. The minimum absolute atomic E-state index is 0.178. The lowest BCUT2D eigenvalue weighted by molar-refractivity contribution is -0.214. The Morgan fingerprint density at radius 1 is 1.07 bits per heavy atom. The summed E-state index contributed by atoms with van der Waals surface area (Å²) in [5.74, 6) is -9.54. The second kappa shape index (κ2) is 6.86. The van der Waals surface area contributed by atoms with Crippen molar-refractivity contribution in [3.63, 3.8) is 0 Å². The summed E-state index contributed by atoms with van der Waals surface area (Å²) in [5.41, 5.74) is 0.689. The van der Waals surface area contributed by atoms with Crippen LogP contribution in [-0.2, 0) is 25.4 Å². The molecule has 3 fully saturated rings. The third-order valence-electron chi connectivity index (χ3n) is 6.15. The van der Waals surface area contributed by atoms with Crippen LogP contribution < -0.4 is 0 Å². The van der Waals surface area contributed by atoms with E-state index in [-0.39, 0.29) is 12.8 Å². The molecule has 1 heterocycles. The fraction of sp³-hybridized carbons (Fsp3) is 0.647. The van der Waals surface area contributed by atoms with Gasteiger partial charge in [0.1, 0.15) is 0 Å². The highest BCUT2D eigenvalue weighted by Crippen LogP contribution is 2.62. The lowest BCUT2D eigenvalue weighted by Crippen LogP contribution is -2.55. The number of rotatable bonds is 4. The number of alkyl halides is 4. The highest BCUT2D eigenvalue weighted by Gasteiger charge is 2.75. The molecule has 5 nitrogen and oxygen atoms in total. The molecule has 29 heavy (non-hydrogen) atoms. The van der Waals surface area contributed by atoms with Crippen molar-refractivity contribution < 1.29 is 40.0 Å². The summed E-state index contributed by atoms with van der Waals surface area (Å²) < 4.78 is 101. The lowest BCUT2D eigenvalue weighted by Gasteiger charge is -2.36. The van der Waals surface area contributed by atoms with Crippen molar-refractivity contribution in [3.05, 3.63) is 30.9 Å². The Labute approximate surface area is 191 Å². The van der Waals surface area contributed by atoms with Crippen molar-refractivity contribution in [2.45, 2.75) is 48.9 Å². The average molecular weight is 662 g/mol. The molecule has 0 aromatic heterocycles. The molecule has 0 radical (unpaired) electrons. The van der Waals surface area contributed by atoms with Gasteiger partial charge >= 0.3 is 21.3 Å². The molecule has 1 N–H and O–H groups in total. The predicted molar refractivity (Wildman–Crippen MR) is 110 cm³/mol. The molecule has 1 aromatic rings. The van der Waals surface area contributed by atoms with E-state index in [1.54, 1.807) is 6.92 Å². The molecule has 0 amide bonds. The van der Waals surface area contributed by atoms with Crippen molar-refractivity contribution in [1.82, 2.24) is 0 Å². The van der Waals surface area contributed by atoms with Gasteiger partial charge in [-0.15, -0.1) is 0 Å². The van der Waals surface area contributed by atoms with Gasteiger partial charge in [0.05, 0.1) is 12.2 Å². The fourth-order valence-corrected chi connectivity index (χ4v) is 7.31. The van der Waals surface area contributed by atoms with Crippen LogP contribution in [0.5, 0.6) is 0 Å². The molecule has 1 aliphatic heterocycles. The number of hydrogen-bond acceptors (Lipinski definition) is 4. The standard InChI is InChI=1S/C17H16F4I2O5S/c1-15(8-4-9(22)6-10(23)5-8)27-13-7-2-11(14(13)28-15)12(3-7)16(18,19)17(20,21)29(24,25)26/h4-7,11-14H,2-3H2,1H3,(H,24,25,26). The number of hydrogen-bond donors (Lipinski definition) is 1. The normalized spacial score (nSPS) is 37.2. The van der Waals surface area contributed by atoms with E-state index in [0.29, 0.717) is 5.56 Å². The molecule has 6 unspecified atom stereocenters. The Kier molecular flexibility index (Phi) is 5.31. The monoisotopic (exact) mass is 662 g/mol. The molecular formula is C17H16F4I2O5S. The van der Waals surface area contributed by atoms with Gasteiger partial charge in [-0.1, -0.05) is 0 Å². The first-order valence-corrected chi connectivity index (χ1v) is 12.3. The van der Waals surface area contributed by atoms with E-state index >= 15 is 0 Å². The predicted octanol–water partition coefficient (Wildman–Crippen LogP) is 4.62. The van der Waals surface area contributed by atoms with Gasteiger partial charge in [-0.25, -0.2) is 0 Å². The minimum Gasteiger partial charge on any atom is -0.340 e. The van der Waals surface area contributed by atoms with Crippen LogP contribution >= 0.6 is 45.2 Å². The zero-order chi connectivity index (χ0) is 21.6. The van der Waals surface area contributed by atoms with Crippen molar-refractivity contribution in [2.75, 3.05) is 0 Å². The van der Waals surface area contributed by atoms with Crippen LogP contribution in [0.4, 0.5) is 17.6 Å². The maximum atomic E-state index is 14.6. The summed E-state index contributed by atoms with van der Waals surface area (Å²) in [6.07, 6.45) is -1.54. The molecule has 3 aliphatic rings. The van der Waals surface area contributed by atoms with Gasteiger partial charge in [0.25, 0.3) is 0 Å². The Balaban J connectivity index is 1.63. The van der Waals surface area contributed by atoms with Crippen LogP contribution in [0.2, 0.25) is 0 Å². The van der Waals surface area contributed by atoms with E-state index in [4.69, 9.17) is 14.0 Å². The molecule has 12 heteroatoms. The van der Waals surface area contributed by atoms with Gasteiger partial charge in [0, 0.05) is 18.6 Å². The molecule has 2 saturated carbocycles. The van der Waals surface area contributed by atoms with Gasteiger partial charge in [-0.3, -0.25) is 4.55 Å². The van der Waals surface area contributed by atoms with Crippen molar-refractivity contribution in [3.8, 4) is 0 Å². The van der Waals surface area contributed by atoms with Gasteiger partial charge in [0.15, 0.2) is 5.79 Å². The van der Waals surface area contributed by atoms with Gasteiger partial charge < -0.3 is 9.47 Å². The summed E-state index contributed by atoms with van der Waals surface area (Å²) in [7, 11) is -6.27. The average Bonchev–Trinajstić information content (AvgIpc) is 3.22. The third-order valence-corrected chi connectivity index (χ3v) is 8.31. The van der Waals surface area contributed by atoms with Crippen LogP contribution in [0.1, 0.15) is 25.3 Å². The highest BCUT2D eigenvalue weighted by atomic mass is 127. The molecular weight excluding hydrogens is 646 g/mol. The first kappa shape index (κ1) is 22.4. The molecule has 6 atom stereocenters. The Morgan fingerprint density at radius 2 is 1.62 bits per heavy atom. The van der Waals surface area contributed by atoms with E-state index in [0.717, 1.165) is 7.14 Å². The Bertz CT molecular complexity index is 939. The van der Waals surface area contributed by atoms with Gasteiger partial charge in [0.2, 0.25) is 0 Å². The summed E-state index contributed by atoms with van der Waals surface area (Å²) in [6.45, 7) is 1.66. The topological polar surface area (TPSA) is 72.8 Å². The first-order valence-electron chi connectivity index (χ1n) is 8.72. The van der Waals surface area contributed by atoms with Crippen LogP contribution in [0, 0.1) is 24.9 Å². The number of ether oxygens (including phenoxy) is 2. The van der Waals surface area contributed by atoms with Crippen LogP contribution in [0.15, 0.2) is 18.2 Å². The summed E-state index contributed by atoms with van der Waals surface area (Å²) in [6, 6.07) is 5.61. The van der Waals surface area contributed by atoms with Crippen molar-refractivity contribution in [1.29, 1.82) is 0 Å². The maximum Gasteiger partial charge on any atom is 0.431 e. The van der Waals surface area contributed by atoms with Crippen molar-refractivity contribution >= 4 is 55.3 Å². The summed E-state index contributed by atoms with van der Waals surface area (Å²) >= 11 is 4.26. The Morgan fingerprint density at radius 3 is 2.17 bits per heavy atom. The highest BCUT2D eigenvalue weighted by molar-refractivity contribution is 14.1. The first-order chi connectivity index (χ1) is 13.2. The second-order valence-corrected chi connectivity index (χ2v) is 11.8. The van der Waals surface area contributed by atoms with Gasteiger partial charge in [-0.05, 0) is 95.0 Å². The van der Waals surface area contributed by atoms with E-state index < -0.39 is 57.0 Å². The zero-order valence-corrected chi connectivity index (χ0v) is 19.9. The number of fused-ring (bicyclic) bond motifs is 5. The van der Waals surface area contributed by atoms with Crippen LogP contribution in [-0.4, -0.2) is 36.4 Å². The molecule has 2 aliphatic carbocycles. The van der Waals surface area contributed by atoms with Crippen LogP contribution in [0.25, 0.3) is 0 Å². The van der Waals surface area contributed by atoms with Crippen molar-refractivity contribution in [2.24, 2.45) is 17.8 Å². The lowest BCUT2D eigenvalue weighted by atomic mass is 9.81. The van der Waals surface area contributed by atoms with E-state index in [2.05, 4.69) is 45.2 Å². The minimum atomic E-state index is -6.27. The SMILES string of the molecule is CC1(c2cc(I)cc(I)c2)OC2C3CC(C2O1)C(C(F)(F)C(F)(F)S(=O)(=O)O)C3. The van der Waals surface area contributed by atoms with Crippen LogP contribution in [0.3, 0.4) is 0 Å². The number of benzene rings is 1. The smallest absolute Gasteiger partial charge is 0.340 e. The quantitative estimate of drug-likeness (QED) is 0.290.